The summed E-state index contributed by atoms with van der Waals surface area (Å²) in [6.07, 6.45) is 7.46. The van der Waals surface area contributed by atoms with Gasteiger partial charge in [0.2, 0.25) is 0 Å². The van der Waals surface area contributed by atoms with Gasteiger partial charge in [-0.3, -0.25) is 9.36 Å². The summed E-state index contributed by atoms with van der Waals surface area (Å²) < 4.78 is 4.05. The molecule has 2 aromatic rings. The highest BCUT2D eigenvalue weighted by molar-refractivity contribution is 5.26. The third-order valence-electron chi connectivity index (χ3n) is 4.19. The number of rotatable bonds is 6. The van der Waals surface area contributed by atoms with Crippen molar-refractivity contribution < 1.29 is 0 Å². The molecule has 0 fully saturated rings. The van der Waals surface area contributed by atoms with E-state index in [9.17, 15) is 0 Å². The van der Waals surface area contributed by atoms with E-state index >= 15 is 0 Å². The molecule has 0 N–H and O–H groups in total. The first-order valence-corrected chi connectivity index (χ1v) is 7.60. The fourth-order valence-corrected chi connectivity index (χ4v) is 2.85. The van der Waals surface area contributed by atoms with Crippen molar-refractivity contribution in [3.05, 3.63) is 34.9 Å². The number of aryl methyl sites for hydroxylation is 3. The zero-order chi connectivity index (χ0) is 14.7. The molecule has 0 aliphatic heterocycles. The normalized spacial score (nSPS) is 12.8. The molecule has 1 atom stereocenters. The van der Waals surface area contributed by atoms with Crippen LogP contribution in [0.25, 0.3) is 0 Å². The monoisotopic (exact) mass is 274 g/mol. The third-order valence-corrected chi connectivity index (χ3v) is 4.19. The van der Waals surface area contributed by atoms with E-state index in [0.29, 0.717) is 5.92 Å². The van der Waals surface area contributed by atoms with Crippen LogP contribution in [-0.2, 0) is 26.4 Å². The van der Waals surface area contributed by atoms with Crippen molar-refractivity contribution in [2.24, 2.45) is 7.05 Å². The minimum atomic E-state index is 0.537. The molecule has 0 bridgehead atoms. The average molecular weight is 274 g/mol. The molecule has 1 unspecified atom stereocenters. The summed E-state index contributed by atoms with van der Waals surface area (Å²) in [4.78, 5) is 0. The Morgan fingerprint density at radius 1 is 1.30 bits per heavy atom. The molecule has 110 valence electrons. The van der Waals surface area contributed by atoms with E-state index in [1.807, 2.05) is 10.9 Å². The lowest BCUT2D eigenvalue weighted by molar-refractivity contribution is 0.623. The van der Waals surface area contributed by atoms with Gasteiger partial charge in [-0.1, -0.05) is 13.8 Å². The van der Waals surface area contributed by atoms with E-state index in [4.69, 9.17) is 0 Å². The second-order valence-electron chi connectivity index (χ2n) is 5.56. The lowest BCUT2D eigenvalue weighted by Gasteiger charge is -2.10. The summed E-state index contributed by atoms with van der Waals surface area (Å²) in [5.74, 6) is 0.537. The SMILES string of the molecule is CCc1c(C)nn(C)c1CCC(C)c1cnn(CC)c1. The molecule has 2 heterocycles. The van der Waals surface area contributed by atoms with Crippen LogP contribution in [-0.4, -0.2) is 19.6 Å². The predicted molar refractivity (Wildman–Crippen MR) is 82.0 cm³/mol. The smallest absolute Gasteiger partial charge is 0.0628 e. The molecule has 0 aliphatic carbocycles. The molecule has 0 aliphatic rings. The van der Waals surface area contributed by atoms with Crippen molar-refractivity contribution in [3.63, 3.8) is 0 Å². The van der Waals surface area contributed by atoms with Crippen LogP contribution in [0, 0.1) is 6.92 Å². The maximum atomic E-state index is 4.55. The van der Waals surface area contributed by atoms with Gasteiger partial charge in [0.25, 0.3) is 0 Å². The van der Waals surface area contributed by atoms with Gasteiger partial charge >= 0.3 is 0 Å². The minimum Gasteiger partial charge on any atom is -0.273 e. The molecule has 0 saturated carbocycles. The Kier molecular flexibility index (Phi) is 4.63. The first kappa shape index (κ1) is 14.8. The van der Waals surface area contributed by atoms with Gasteiger partial charge in [-0.05, 0) is 50.2 Å². The third kappa shape index (κ3) is 2.94. The largest absolute Gasteiger partial charge is 0.273 e. The highest BCUT2D eigenvalue weighted by Crippen LogP contribution is 2.23. The standard InChI is InChI=1S/C16H26N4/c1-6-15-13(4)18-19(5)16(15)9-8-12(3)14-10-17-20(7-2)11-14/h10-12H,6-9H2,1-5H3. The van der Waals surface area contributed by atoms with Crippen LogP contribution in [0.1, 0.15) is 55.6 Å². The Hall–Kier alpha value is -1.58. The molecular weight excluding hydrogens is 248 g/mol. The number of nitrogens with zero attached hydrogens (tertiary/aromatic N) is 4. The van der Waals surface area contributed by atoms with E-state index in [1.165, 1.54) is 22.5 Å². The molecule has 0 aromatic carbocycles. The zero-order valence-electron chi connectivity index (χ0n) is 13.3. The lowest BCUT2D eigenvalue weighted by Crippen LogP contribution is -2.03. The molecule has 0 spiro atoms. The molecule has 4 nitrogen and oxygen atoms in total. The number of aromatic nitrogens is 4. The van der Waals surface area contributed by atoms with Crippen LogP contribution >= 0.6 is 0 Å². The van der Waals surface area contributed by atoms with E-state index in [1.54, 1.807) is 0 Å². The van der Waals surface area contributed by atoms with Crippen molar-refractivity contribution in [2.45, 2.75) is 59.4 Å². The molecule has 0 radical (unpaired) electrons. The van der Waals surface area contributed by atoms with Gasteiger partial charge in [-0.15, -0.1) is 0 Å². The summed E-state index contributed by atoms with van der Waals surface area (Å²) in [6.45, 7) is 9.66. The fraction of sp³-hybridized carbons (Fsp3) is 0.625. The molecule has 0 amide bonds. The van der Waals surface area contributed by atoms with Crippen LogP contribution in [0.5, 0.6) is 0 Å². The van der Waals surface area contributed by atoms with Gasteiger partial charge in [-0.25, -0.2) is 0 Å². The van der Waals surface area contributed by atoms with Crippen LogP contribution in [0.3, 0.4) is 0 Å². The van der Waals surface area contributed by atoms with Crippen molar-refractivity contribution in [2.75, 3.05) is 0 Å². The Labute approximate surface area is 121 Å². The van der Waals surface area contributed by atoms with Crippen molar-refractivity contribution in [1.29, 1.82) is 0 Å². The van der Waals surface area contributed by atoms with Crippen LogP contribution in [0.4, 0.5) is 0 Å². The summed E-state index contributed by atoms with van der Waals surface area (Å²) in [5.41, 5.74) is 5.32. The Balaban J connectivity index is 2.05. The molecule has 2 aromatic heterocycles. The minimum absolute atomic E-state index is 0.537. The van der Waals surface area contributed by atoms with Gasteiger partial charge in [0.05, 0.1) is 11.9 Å². The van der Waals surface area contributed by atoms with E-state index in [0.717, 1.165) is 25.8 Å². The average Bonchev–Trinajstić information content (AvgIpc) is 3.00. The topological polar surface area (TPSA) is 35.6 Å². The Bertz CT molecular complexity index is 565. The van der Waals surface area contributed by atoms with Gasteiger partial charge in [-0.2, -0.15) is 10.2 Å². The summed E-state index contributed by atoms with van der Waals surface area (Å²) in [7, 11) is 2.06. The Morgan fingerprint density at radius 3 is 2.65 bits per heavy atom. The molecule has 2 rings (SSSR count). The van der Waals surface area contributed by atoms with Gasteiger partial charge < -0.3 is 0 Å². The molecule has 20 heavy (non-hydrogen) atoms. The zero-order valence-corrected chi connectivity index (χ0v) is 13.3. The van der Waals surface area contributed by atoms with Crippen LogP contribution in [0.2, 0.25) is 0 Å². The van der Waals surface area contributed by atoms with Crippen molar-refractivity contribution in [1.82, 2.24) is 19.6 Å². The first-order valence-electron chi connectivity index (χ1n) is 7.60. The van der Waals surface area contributed by atoms with Crippen LogP contribution < -0.4 is 0 Å². The van der Waals surface area contributed by atoms with Crippen molar-refractivity contribution in [3.8, 4) is 0 Å². The molecular formula is C16H26N4. The highest BCUT2D eigenvalue weighted by Gasteiger charge is 2.14. The fourth-order valence-electron chi connectivity index (χ4n) is 2.85. The van der Waals surface area contributed by atoms with Gasteiger partial charge in [0.15, 0.2) is 0 Å². The van der Waals surface area contributed by atoms with Gasteiger partial charge in [0.1, 0.15) is 0 Å². The predicted octanol–water partition coefficient (Wildman–Crippen LogP) is 3.24. The van der Waals surface area contributed by atoms with Crippen LogP contribution in [0.15, 0.2) is 12.4 Å². The van der Waals surface area contributed by atoms with E-state index < -0.39 is 0 Å². The second-order valence-corrected chi connectivity index (χ2v) is 5.56. The maximum absolute atomic E-state index is 4.55. The molecule has 4 heteroatoms. The first-order chi connectivity index (χ1) is 9.56. The van der Waals surface area contributed by atoms with E-state index in [-0.39, 0.29) is 0 Å². The lowest BCUT2D eigenvalue weighted by atomic mass is 9.96. The van der Waals surface area contributed by atoms with E-state index in [2.05, 4.69) is 55.8 Å². The quantitative estimate of drug-likeness (QED) is 0.810. The molecule has 0 saturated heterocycles. The second kappa shape index (κ2) is 6.25. The van der Waals surface area contributed by atoms with Gasteiger partial charge in [0, 0.05) is 25.5 Å². The van der Waals surface area contributed by atoms with Crippen molar-refractivity contribution >= 4 is 0 Å². The summed E-state index contributed by atoms with van der Waals surface area (Å²) >= 11 is 0. The number of hydrogen-bond donors (Lipinski definition) is 0. The number of hydrogen-bond acceptors (Lipinski definition) is 2. The summed E-state index contributed by atoms with van der Waals surface area (Å²) in [5, 5.41) is 8.92. The maximum Gasteiger partial charge on any atom is 0.0628 e. The highest BCUT2D eigenvalue weighted by atomic mass is 15.3. The Morgan fingerprint density at radius 2 is 2.05 bits per heavy atom. The summed E-state index contributed by atoms with van der Waals surface area (Å²) in [6, 6.07) is 0.